The predicted molar refractivity (Wildman–Crippen MR) is 114 cm³/mol. The van der Waals surface area contributed by atoms with Gasteiger partial charge in [0.15, 0.2) is 0 Å². The second-order valence-electron chi connectivity index (χ2n) is 6.25. The molecule has 1 N–H and O–H groups in total. The Bertz CT molecular complexity index is 1100. The molecule has 4 nitrogen and oxygen atoms in total. The van der Waals surface area contributed by atoms with Crippen LogP contribution in [0.15, 0.2) is 65.7 Å². The summed E-state index contributed by atoms with van der Waals surface area (Å²) >= 11 is 7.91. The minimum atomic E-state index is 0.754. The largest absolute Gasteiger partial charge is 0.310 e. The van der Waals surface area contributed by atoms with Crippen LogP contribution in [0, 0.1) is 6.92 Å². The van der Waals surface area contributed by atoms with Gasteiger partial charge in [-0.1, -0.05) is 30.7 Å². The van der Waals surface area contributed by atoms with E-state index in [2.05, 4.69) is 39.9 Å². The molecule has 6 heteroatoms. The van der Waals surface area contributed by atoms with Crippen molar-refractivity contribution in [2.75, 3.05) is 4.72 Å². The average molecular weight is 395 g/mol. The Morgan fingerprint density at radius 1 is 1.11 bits per heavy atom. The molecule has 0 fully saturated rings. The van der Waals surface area contributed by atoms with Crippen molar-refractivity contribution in [1.29, 1.82) is 0 Å². The average Bonchev–Trinajstić information content (AvgIpc) is 3.06. The van der Waals surface area contributed by atoms with Crippen LogP contribution < -0.4 is 4.72 Å². The van der Waals surface area contributed by atoms with Gasteiger partial charge < -0.3 is 4.72 Å². The lowest BCUT2D eigenvalue weighted by molar-refractivity contribution is 0.878. The highest BCUT2D eigenvalue weighted by atomic mass is 35.5. The summed E-state index contributed by atoms with van der Waals surface area (Å²) in [6, 6.07) is 18.3. The van der Waals surface area contributed by atoms with Crippen molar-refractivity contribution in [2.45, 2.75) is 25.2 Å². The van der Waals surface area contributed by atoms with Crippen LogP contribution in [0.2, 0.25) is 5.02 Å². The number of rotatable bonds is 5. The van der Waals surface area contributed by atoms with Gasteiger partial charge in [-0.05, 0) is 67.3 Å². The summed E-state index contributed by atoms with van der Waals surface area (Å²) in [6.45, 7) is 4.11. The number of aryl methyl sites for hydroxylation is 2. The monoisotopic (exact) mass is 394 g/mol. The van der Waals surface area contributed by atoms with E-state index in [1.165, 1.54) is 17.5 Å². The summed E-state index contributed by atoms with van der Waals surface area (Å²) in [5.74, 6) is 0.893. The third kappa shape index (κ3) is 3.66. The molecule has 0 saturated carbocycles. The van der Waals surface area contributed by atoms with Crippen LogP contribution in [0.3, 0.4) is 0 Å². The van der Waals surface area contributed by atoms with Gasteiger partial charge >= 0.3 is 0 Å². The smallest absolute Gasteiger partial charge is 0.140 e. The Morgan fingerprint density at radius 2 is 2.00 bits per heavy atom. The lowest BCUT2D eigenvalue weighted by atomic mass is 10.2. The fourth-order valence-electron chi connectivity index (χ4n) is 2.98. The number of benzene rings is 2. The van der Waals surface area contributed by atoms with Gasteiger partial charge in [0.1, 0.15) is 5.82 Å². The minimum Gasteiger partial charge on any atom is -0.310 e. The number of hydrogen-bond donors (Lipinski definition) is 1. The lowest BCUT2D eigenvalue weighted by Gasteiger charge is -2.12. The van der Waals surface area contributed by atoms with Crippen molar-refractivity contribution in [1.82, 2.24) is 14.8 Å². The fourth-order valence-corrected chi connectivity index (χ4v) is 3.95. The third-order valence-electron chi connectivity index (χ3n) is 4.35. The molecule has 27 heavy (non-hydrogen) atoms. The van der Waals surface area contributed by atoms with Crippen LogP contribution in [0.1, 0.15) is 18.2 Å². The molecule has 0 saturated heterocycles. The Kier molecular flexibility index (Phi) is 5.05. The Labute approximate surface area is 167 Å². The summed E-state index contributed by atoms with van der Waals surface area (Å²) < 4.78 is 5.32. The van der Waals surface area contributed by atoms with E-state index in [4.69, 9.17) is 11.6 Å². The van der Waals surface area contributed by atoms with Gasteiger partial charge in [-0.2, -0.15) is 5.10 Å². The molecule has 0 spiro atoms. The SMILES string of the molecule is CCc1ccc(SNc2cc(C)nn2-c2cccc3ncccc23)c(Cl)c1. The summed E-state index contributed by atoms with van der Waals surface area (Å²) in [4.78, 5) is 5.43. The summed E-state index contributed by atoms with van der Waals surface area (Å²) in [6.07, 6.45) is 2.77. The van der Waals surface area contributed by atoms with E-state index in [9.17, 15) is 0 Å². The van der Waals surface area contributed by atoms with E-state index in [0.717, 1.165) is 44.4 Å². The number of halogens is 1. The zero-order valence-corrected chi connectivity index (χ0v) is 16.7. The third-order valence-corrected chi connectivity index (χ3v) is 5.66. The van der Waals surface area contributed by atoms with Crippen molar-refractivity contribution in [3.8, 4) is 5.69 Å². The quantitative estimate of drug-likeness (QED) is 0.417. The Morgan fingerprint density at radius 3 is 2.81 bits per heavy atom. The molecule has 4 rings (SSSR count). The number of fused-ring (bicyclic) bond motifs is 1. The van der Waals surface area contributed by atoms with E-state index in [-0.39, 0.29) is 0 Å². The van der Waals surface area contributed by atoms with Crippen molar-refractivity contribution in [2.24, 2.45) is 0 Å². The first kappa shape index (κ1) is 17.9. The lowest BCUT2D eigenvalue weighted by Crippen LogP contribution is -2.02. The number of aromatic nitrogens is 3. The van der Waals surface area contributed by atoms with E-state index in [1.807, 2.05) is 48.0 Å². The molecule has 0 bridgehead atoms. The van der Waals surface area contributed by atoms with Crippen LogP contribution in [0.25, 0.3) is 16.6 Å². The number of pyridine rings is 1. The molecule has 0 aliphatic rings. The molecule has 0 radical (unpaired) electrons. The topological polar surface area (TPSA) is 42.7 Å². The molecule has 0 aliphatic heterocycles. The van der Waals surface area contributed by atoms with Crippen LogP contribution in [-0.4, -0.2) is 14.8 Å². The van der Waals surface area contributed by atoms with Crippen molar-refractivity contribution < 1.29 is 0 Å². The van der Waals surface area contributed by atoms with Crippen LogP contribution in [-0.2, 0) is 6.42 Å². The first-order valence-corrected chi connectivity index (χ1v) is 9.97. The van der Waals surface area contributed by atoms with Crippen LogP contribution >= 0.6 is 23.5 Å². The number of nitrogens with zero attached hydrogens (tertiary/aromatic N) is 3. The van der Waals surface area contributed by atoms with Gasteiger partial charge in [0.2, 0.25) is 0 Å². The Hall–Kier alpha value is -2.50. The van der Waals surface area contributed by atoms with E-state index in [1.54, 1.807) is 6.20 Å². The van der Waals surface area contributed by atoms with Crippen LogP contribution in [0.5, 0.6) is 0 Å². The van der Waals surface area contributed by atoms with Crippen molar-refractivity contribution in [3.05, 3.63) is 77.1 Å². The van der Waals surface area contributed by atoms with Gasteiger partial charge in [0.25, 0.3) is 0 Å². The number of hydrogen-bond acceptors (Lipinski definition) is 4. The van der Waals surface area contributed by atoms with E-state index < -0.39 is 0 Å². The molecule has 0 amide bonds. The first-order valence-electron chi connectivity index (χ1n) is 8.78. The second kappa shape index (κ2) is 7.62. The van der Waals surface area contributed by atoms with Gasteiger partial charge in [-0.3, -0.25) is 4.98 Å². The molecule has 0 atom stereocenters. The Balaban J connectivity index is 1.67. The molecule has 2 aromatic carbocycles. The molecule has 4 aromatic rings. The number of anilines is 1. The zero-order chi connectivity index (χ0) is 18.8. The molecule has 0 aliphatic carbocycles. The minimum absolute atomic E-state index is 0.754. The molecule has 0 unspecified atom stereocenters. The maximum absolute atomic E-state index is 6.42. The zero-order valence-electron chi connectivity index (χ0n) is 15.1. The van der Waals surface area contributed by atoms with Gasteiger partial charge in [-0.25, -0.2) is 4.68 Å². The van der Waals surface area contributed by atoms with E-state index >= 15 is 0 Å². The molecular formula is C21H19ClN4S. The van der Waals surface area contributed by atoms with Gasteiger partial charge in [0.05, 0.1) is 21.9 Å². The fraction of sp³-hybridized carbons (Fsp3) is 0.143. The van der Waals surface area contributed by atoms with Crippen molar-refractivity contribution >= 4 is 40.3 Å². The first-order chi connectivity index (χ1) is 13.2. The molecule has 2 aromatic heterocycles. The highest BCUT2D eigenvalue weighted by Gasteiger charge is 2.12. The van der Waals surface area contributed by atoms with Gasteiger partial charge in [-0.15, -0.1) is 0 Å². The molecular weight excluding hydrogens is 376 g/mol. The second-order valence-corrected chi connectivity index (χ2v) is 7.51. The highest BCUT2D eigenvalue weighted by molar-refractivity contribution is 8.00. The predicted octanol–water partition coefficient (Wildman–Crippen LogP) is 6.06. The van der Waals surface area contributed by atoms with Gasteiger partial charge in [0, 0.05) is 22.5 Å². The summed E-state index contributed by atoms with van der Waals surface area (Å²) in [7, 11) is 0. The maximum atomic E-state index is 6.42. The van der Waals surface area contributed by atoms with E-state index in [0.29, 0.717) is 0 Å². The maximum Gasteiger partial charge on any atom is 0.140 e. The standard InChI is InChI=1S/C21H19ClN4S/c1-3-15-9-10-20(17(22)13-15)27-25-21-12-14(2)24-26(21)19-8-4-7-18-16(19)6-5-11-23-18/h4-13,25H,3H2,1-2H3. The summed E-state index contributed by atoms with van der Waals surface area (Å²) in [5, 5.41) is 6.48. The molecule has 2 heterocycles. The molecule has 136 valence electrons. The normalized spacial score (nSPS) is 11.1. The summed E-state index contributed by atoms with van der Waals surface area (Å²) in [5.41, 5.74) is 4.10. The van der Waals surface area contributed by atoms with Crippen molar-refractivity contribution in [3.63, 3.8) is 0 Å². The highest BCUT2D eigenvalue weighted by Crippen LogP contribution is 2.31. The number of nitrogens with one attached hydrogen (secondary N) is 1. The van der Waals surface area contributed by atoms with Crippen LogP contribution in [0.4, 0.5) is 5.82 Å².